The van der Waals surface area contributed by atoms with Gasteiger partial charge in [0.1, 0.15) is 5.82 Å². The highest BCUT2D eigenvalue weighted by Gasteiger charge is 2.40. The maximum absolute atomic E-state index is 6.14. The van der Waals surface area contributed by atoms with Gasteiger partial charge in [-0.3, -0.25) is 0 Å². The van der Waals surface area contributed by atoms with E-state index in [1.165, 1.54) is 49.2 Å². The van der Waals surface area contributed by atoms with Gasteiger partial charge in [0.25, 0.3) is 0 Å². The lowest BCUT2D eigenvalue weighted by Crippen LogP contribution is -2.47. The van der Waals surface area contributed by atoms with Crippen LogP contribution in [0.25, 0.3) is 0 Å². The molecule has 0 amide bonds. The Morgan fingerprint density at radius 3 is 2.67 bits per heavy atom. The van der Waals surface area contributed by atoms with Crippen LogP contribution in [0, 0.1) is 0 Å². The Kier molecular flexibility index (Phi) is 2.37. The maximum atomic E-state index is 6.14. The number of rotatable bonds is 1. The molecular formula is C15H21N3. The number of pyridine rings is 1. The van der Waals surface area contributed by atoms with Crippen molar-refractivity contribution in [1.29, 1.82) is 0 Å². The van der Waals surface area contributed by atoms with Crippen LogP contribution in [0.3, 0.4) is 0 Å². The van der Waals surface area contributed by atoms with E-state index in [0.29, 0.717) is 18.1 Å². The van der Waals surface area contributed by atoms with Crippen LogP contribution in [-0.4, -0.2) is 23.1 Å². The molecule has 0 radical (unpaired) electrons. The van der Waals surface area contributed by atoms with Crippen LogP contribution in [0.4, 0.5) is 5.82 Å². The third-order valence-electron chi connectivity index (χ3n) is 4.95. The third-order valence-corrected chi connectivity index (χ3v) is 4.95. The zero-order chi connectivity index (χ0) is 12.1. The van der Waals surface area contributed by atoms with E-state index in [2.05, 4.69) is 17.0 Å². The van der Waals surface area contributed by atoms with Crippen LogP contribution in [0.1, 0.15) is 43.4 Å². The second-order valence-electron chi connectivity index (χ2n) is 6.15. The molecule has 0 aromatic carbocycles. The molecule has 1 aromatic heterocycles. The van der Waals surface area contributed by atoms with Crippen molar-refractivity contribution in [3.05, 3.63) is 23.4 Å². The summed E-state index contributed by atoms with van der Waals surface area (Å²) in [7, 11) is 0. The fourth-order valence-electron chi connectivity index (χ4n) is 4.15. The molecule has 2 fully saturated rings. The SMILES string of the molecule is NC1CC2CCC(C1)N2c1ccc2c(n1)CCC2. The van der Waals surface area contributed by atoms with Gasteiger partial charge in [-0.15, -0.1) is 0 Å². The van der Waals surface area contributed by atoms with Gasteiger partial charge in [-0.05, 0) is 56.6 Å². The van der Waals surface area contributed by atoms with Gasteiger partial charge in [-0.2, -0.15) is 0 Å². The summed E-state index contributed by atoms with van der Waals surface area (Å²) in [5, 5.41) is 0. The molecule has 2 atom stereocenters. The average Bonchev–Trinajstić information content (AvgIpc) is 2.91. The molecule has 3 heterocycles. The molecule has 18 heavy (non-hydrogen) atoms. The summed E-state index contributed by atoms with van der Waals surface area (Å²) < 4.78 is 0. The lowest BCUT2D eigenvalue weighted by Gasteiger charge is -2.38. The van der Waals surface area contributed by atoms with Crippen LogP contribution in [0.5, 0.6) is 0 Å². The second-order valence-corrected chi connectivity index (χ2v) is 6.15. The Morgan fingerprint density at radius 1 is 1.11 bits per heavy atom. The Bertz CT molecular complexity index is 457. The molecule has 2 saturated heterocycles. The minimum absolute atomic E-state index is 0.410. The fourth-order valence-corrected chi connectivity index (χ4v) is 4.15. The predicted octanol–water partition coefficient (Wildman–Crippen LogP) is 2.03. The number of hydrogen-bond acceptors (Lipinski definition) is 3. The topological polar surface area (TPSA) is 42.1 Å². The highest BCUT2D eigenvalue weighted by atomic mass is 15.3. The van der Waals surface area contributed by atoms with Crippen molar-refractivity contribution in [2.24, 2.45) is 5.73 Å². The van der Waals surface area contributed by atoms with Crippen molar-refractivity contribution >= 4 is 5.82 Å². The number of fused-ring (bicyclic) bond motifs is 3. The van der Waals surface area contributed by atoms with E-state index in [4.69, 9.17) is 10.7 Å². The van der Waals surface area contributed by atoms with Crippen LogP contribution in [0.2, 0.25) is 0 Å². The molecule has 3 heteroatoms. The smallest absolute Gasteiger partial charge is 0.129 e. The van der Waals surface area contributed by atoms with E-state index < -0.39 is 0 Å². The summed E-state index contributed by atoms with van der Waals surface area (Å²) in [5.74, 6) is 1.22. The first-order chi connectivity index (χ1) is 8.81. The number of hydrogen-bond donors (Lipinski definition) is 1. The predicted molar refractivity (Wildman–Crippen MR) is 72.8 cm³/mol. The summed E-state index contributed by atoms with van der Waals surface area (Å²) >= 11 is 0. The number of nitrogens with two attached hydrogens (primary N) is 1. The zero-order valence-electron chi connectivity index (χ0n) is 10.8. The largest absolute Gasteiger partial charge is 0.351 e. The molecular weight excluding hydrogens is 222 g/mol. The summed E-state index contributed by atoms with van der Waals surface area (Å²) in [4.78, 5) is 7.50. The van der Waals surface area contributed by atoms with Crippen molar-refractivity contribution in [3.8, 4) is 0 Å². The van der Waals surface area contributed by atoms with Crippen LogP contribution < -0.4 is 10.6 Å². The van der Waals surface area contributed by atoms with Crippen LogP contribution in [0.15, 0.2) is 12.1 Å². The zero-order valence-corrected chi connectivity index (χ0v) is 10.8. The average molecular weight is 243 g/mol. The molecule has 2 aliphatic heterocycles. The molecule has 3 aliphatic rings. The number of aromatic nitrogens is 1. The molecule has 96 valence electrons. The number of nitrogens with zero attached hydrogens (tertiary/aromatic N) is 2. The third kappa shape index (κ3) is 1.57. The Hall–Kier alpha value is -1.09. The first kappa shape index (κ1) is 10.8. The molecule has 0 saturated carbocycles. The fraction of sp³-hybridized carbons (Fsp3) is 0.667. The molecule has 2 unspecified atom stereocenters. The van der Waals surface area contributed by atoms with E-state index in [1.807, 2.05) is 0 Å². The van der Waals surface area contributed by atoms with Gasteiger partial charge < -0.3 is 10.6 Å². The number of anilines is 1. The summed E-state index contributed by atoms with van der Waals surface area (Å²) in [6.45, 7) is 0. The summed E-state index contributed by atoms with van der Waals surface area (Å²) in [6.07, 6.45) is 8.58. The van der Waals surface area contributed by atoms with Gasteiger partial charge >= 0.3 is 0 Å². The van der Waals surface area contributed by atoms with E-state index in [-0.39, 0.29) is 0 Å². The standard InChI is InChI=1S/C15H21N3/c16-11-8-12-5-6-13(9-11)18(12)15-7-4-10-2-1-3-14(10)17-15/h4,7,11-13H,1-3,5-6,8-9,16H2. The normalized spacial score (nSPS) is 33.8. The van der Waals surface area contributed by atoms with Gasteiger partial charge in [-0.1, -0.05) is 6.07 Å². The second kappa shape index (κ2) is 3.95. The Morgan fingerprint density at radius 2 is 1.89 bits per heavy atom. The van der Waals surface area contributed by atoms with E-state index in [9.17, 15) is 0 Å². The lowest BCUT2D eigenvalue weighted by molar-refractivity contribution is 0.412. The van der Waals surface area contributed by atoms with Crippen molar-refractivity contribution in [2.75, 3.05) is 4.90 Å². The molecule has 2 N–H and O–H groups in total. The molecule has 4 rings (SSSR count). The van der Waals surface area contributed by atoms with Gasteiger partial charge in [-0.25, -0.2) is 4.98 Å². The molecule has 0 spiro atoms. The lowest BCUT2D eigenvalue weighted by atomic mass is 9.98. The van der Waals surface area contributed by atoms with Gasteiger partial charge in [0.05, 0.1) is 0 Å². The van der Waals surface area contributed by atoms with Crippen molar-refractivity contribution in [1.82, 2.24) is 4.98 Å². The van der Waals surface area contributed by atoms with Gasteiger partial charge in [0.2, 0.25) is 0 Å². The summed E-state index contributed by atoms with van der Waals surface area (Å²) in [5.41, 5.74) is 8.96. The van der Waals surface area contributed by atoms with Gasteiger partial charge in [0, 0.05) is 23.8 Å². The maximum Gasteiger partial charge on any atom is 0.129 e. The van der Waals surface area contributed by atoms with E-state index >= 15 is 0 Å². The first-order valence-electron chi connectivity index (χ1n) is 7.34. The number of aryl methyl sites for hydroxylation is 2. The van der Waals surface area contributed by atoms with Crippen LogP contribution in [-0.2, 0) is 12.8 Å². The molecule has 1 aliphatic carbocycles. The quantitative estimate of drug-likeness (QED) is 0.820. The van der Waals surface area contributed by atoms with E-state index in [0.717, 1.165) is 12.8 Å². The molecule has 1 aromatic rings. The highest BCUT2D eigenvalue weighted by molar-refractivity contribution is 5.47. The first-order valence-corrected chi connectivity index (χ1v) is 7.34. The van der Waals surface area contributed by atoms with Crippen molar-refractivity contribution in [3.63, 3.8) is 0 Å². The summed E-state index contributed by atoms with van der Waals surface area (Å²) in [6, 6.07) is 6.25. The minimum Gasteiger partial charge on any atom is -0.351 e. The van der Waals surface area contributed by atoms with Crippen LogP contribution >= 0.6 is 0 Å². The monoisotopic (exact) mass is 243 g/mol. The van der Waals surface area contributed by atoms with Crippen molar-refractivity contribution in [2.45, 2.75) is 63.1 Å². The Balaban J connectivity index is 1.67. The Labute approximate surface area is 108 Å². The highest BCUT2D eigenvalue weighted by Crippen LogP contribution is 2.38. The van der Waals surface area contributed by atoms with E-state index in [1.54, 1.807) is 0 Å². The molecule has 2 bridgehead atoms. The minimum atomic E-state index is 0.410. The number of piperidine rings is 1. The van der Waals surface area contributed by atoms with Crippen molar-refractivity contribution < 1.29 is 0 Å². The van der Waals surface area contributed by atoms with Gasteiger partial charge in [0.15, 0.2) is 0 Å². The molecule has 3 nitrogen and oxygen atoms in total.